The predicted octanol–water partition coefficient (Wildman–Crippen LogP) is -0.799. The third-order valence-corrected chi connectivity index (χ3v) is 5.81. The zero-order chi connectivity index (χ0) is 20.6. The summed E-state index contributed by atoms with van der Waals surface area (Å²) >= 11 is 0. The van der Waals surface area contributed by atoms with Gasteiger partial charge in [-0.15, -0.1) is 5.10 Å². The highest BCUT2D eigenvalue weighted by Gasteiger charge is 2.34. The maximum absolute atomic E-state index is 12.3. The number of sulfonamides is 1. The van der Waals surface area contributed by atoms with Gasteiger partial charge < -0.3 is 10.2 Å². The number of amides is 1. The molecule has 0 radical (unpaired) electrons. The van der Waals surface area contributed by atoms with Crippen molar-refractivity contribution in [2.24, 2.45) is 18.1 Å². The van der Waals surface area contributed by atoms with Crippen molar-refractivity contribution in [2.45, 2.75) is 11.3 Å². The minimum atomic E-state index is -3.69. The van der Waals surface area contributed by atoms with Gasteiger partial charge in [-0.05, 0) is 24.1 Å². The number of benzene rings is 1. The number of primary sulfonamides is 1. The molecule has 0 bridgehead atoms. The van der Waals surface area contributed by atoms with E-state index in [0.29, 0.717) is 43.0 Å². The van der Waals surface area contributed by atoms with Crippen molar-refractivity contribution in [1.29, 1.82) is 0 Å². The molecule has 1 amide bonds. The molecule has 29 heavy (non-hydrogen) atoms. The Morgan fingerprint density at radius 3 is 2.66 bits per heavy atom. The van der Waals surface area contributed by atoms with Crippen LogP contribution in [-0.4, -0.2) is 58.9 Å². The summed E-state index contributed by atoms with van der Waals surface area (Å²) < 4.78 is 24.1. The zero-order valence-electron chi connectivity index (χ0n) is 15.7. The predicted molar refractivity (Wildman–Crippen MR) is 104 cm³/mol. The Labute approximate surface area is 167 Å². The number of nitrogens with zero attached hydrogens (tertiary/aromatic N) is 6. The van der Waals surface area contributed by atoms with E-state index < -0.39 is 10.0 Å². The summed E-state index contributed by atoms with van der Waals surface area (Å²) in [6.45, 7) is 1.57. The van der Waals surface area contributed by atoms with Gasteiger partial charge in [-0.25, -0.2) is 28.2 Å². The third kappa shape index (κ3) is 3.89. The van der Waals surface area contributed by atoms with Crippen molar-refractivity contribution in [3.8, 4) is 0 Å². The second kappa shape index (κ2) is 7.37. The second-order valence-corrected chi connectivity index (χ2v) is 8.48. The summed E-state index contributed by atoms with van der Waals surface area (Å²) in [6.07, 6.45) is 2.06. The molecule has 1 fully saturated rings. The van der Waals surface area contributed by atoms with Crippen LogP contribution in [0.15, 0.2) is 35.5 Å². The average Bonchev–Trinajstić information content (AvgIpc) is 3.02. The average molecular weight is 416 g/mol. The molecule has 1 aromatic carbocycles. The molecule has 2 aromatic heterocycles. The zero-order valence-corrected chi connectivity index (χ0v) is 16.5. The molecule has 1 aliphatic rings. The lowest BCUT2D eigenvalue weighted by atomic mass is 9.99. The van der Waals surface area contributed by atoms with E-state index in [1.807, 2.05) is 4.90 Å². The number of aryl methyl sites for hydroxylation is 1. The van der Waals surface area contributed by atoms with Crippen LogP contribution in [0.5, 0.6) is 0 Å². The van der Waals surface area contributed by atoms with Crippen molar-refractivity contribution < 1.29 is 13.2 Å². The Balaban J connectivity index is 1.28. The highest BCUT2D eigenvalue weighted by Crippen LogP contribution is 2.27. The van der Waals surface area contributed by atoms with Crippen LogP contribution < -0.4 is 15.4 Å². The first kappa shape index (κ1) is 19.2. The van der Waals surface area contributed by atoms with Crippen molar-refractivity contribution in [3.63, 3.8) is 0 Å². The van der Waals surface area contributed by atoms with E-state index in [1.54, 1.807) is 23.9 Å². The Hall–Kier alpha value is -3.12. The van der Waals surface area contributed by atoms with Gasteiger partial charge in [0.2, 0.25) is 15.9 Å². The number of anilines is 1. The molecular formula is C17H20N8O3S. The quantitative estimate of drug-likeness (QED) is 0.530. The monoisotopic (exact) mass is 416 g/mol. The molecule has 0 spiro atoms. The number of rotatable bonds is 6. The summed E-state index contributed by atoms with van der Waals surface area (Å²) in [6, 6.07) is 6.31. The first-order valence-electron chi connectivity index (χ1n) is 8.98. The van der Waals surface area contributed by atoms with E-state index in [2.05, 4.69) is 25.6 Å². The molecule has 0 unspecified atom stereocenters. The summed E-state index contributed by atoms with van der Waals surface area (Å²) in [5.41, 5.74) is 2.19. The molecule has 0 aliphatic carbocycles. The number of aromatic nitrogens is 5. The van der Waals surface area contributed by atoms with E-state index in [9.17, 15) is 13.2 Å². The fourth-order valence-corrected chi connectivity index (χ4v) is 3.73. The molecule has 0 atom stereocenters. The van der Waals surface area contributed by atoms with Crippen LogP contribution in [0.2, 0.25) is 0 Å². The Kier molecular flexibility index (Phi) is 4.88. The van der Waals surface area contributed by atoms with Gasteiger partial charge in [-0.1, -0.05) is 17.3 Å². The van der Waals surface area contributed by atoms with Crippen LogP contribution in [0.4, 0.5) is 5.82 Å². The van der Waals surface area contributed by atoms with Gasteiger partial charge in [-0.2, -0.15) is 0 Å². The van der Waals surface area contributed by atoms with E-state index in [4.69, 9.17) is 5.14 Å². The molecule has 1 saturated heterocycles. The second-order valence-electron chi connectivity index (χ2n) is 6.91. The molecule has 3 heterocycles. The molecule has 0 saturated carbocycles. The summed E-state index contributed by atoms with van der Waals surface area (Å²) in [4.78, 5) is 22.8. The maximum Gasteiger partial charge on any atom is 0.238 e. The van der Waals surface area contributed by atoms with E-state index in [0.717, 1.165) is 5.56 Å². The number of nitrogens with two attached hydrogens (primary N) is 1. The lowest BCUT2D eigenvalue weighted by molar-refractivity contribution is -0.125. The highest BCUT2D eigenvalue weighted by molar-refractivity contribution is 7.89. The van der Waals surface area contributed by atoms with E-state index >= 15 is 0 Å². The number of hydrogen-bond donors (Lipinski definition) is 2. The number of nitrogens with one attached hydrogen (secondary N) is 1. The molecule has 12 heteroatoms. The smallest absolute Gasteiger partial charge is 0.238 e. The SMILES string of the molecule is Cn1nnc2c(N3CC(C(=O)NCCc4ccc(S(N)(=O)=O)cc4)C3)ncnc21. The van der Waals surface area contributed by atoms with Crippen molar-refractivity contribution in [3.05, 3.63) is 36.2 Å². The van der Waals surface area contributed by atoms with E-state index in [-0.39, 0.29) is 16.7 Å². The molecule has 3 N–H and O–H groups in total. The molecule has 11 nitrogen and oxygen atoms in total. The Morgan fingerprint density at radius 2 is 1.97 bits per heavy atom. The van der Waals surface area contributed by atoms with Crippen LogP contribution >= 0.6 is 0 Å². The third-order valence-electron chi connectivity index (χ3n) is 4.89. The molecule has 1 aliphatic heterocycles. The number of hydrogen-bond acceptors (Lipinski definition) is 8. The molecule has 3 aromatic rings. The van der Waals surface area contributed by atoms with Gasteiger partial charge >= 0.3 is 0 Å². The van der Waals surface area contributed by atoms with Crippen LogP contribution in [0, 0.1) is 5.92 Å². The van der Waals surface area contributed by atoms with E-state index in [1.165, 1.54) is 18.5 Å². The molecular weight excluding hydrogens is 396 g/mol. The fourth-order valence-electron chi connectivity index (χ4n) is 3.21. The number of carbonyl (C=O) groups is 1. The van der Waals surface area contributed by atoms with Crippen molar-refractivity contribution in [1.82, 2.24) is 30.3 Å². The van der Waals surface area contributed by atoms with Crippen molar-refractivity contribution in [2.75, 3.05) is 24.5 Å². The van der Waals surface area contributed by atoms with Crippen LogP contribution in [0.1, 0.15) is 5.56 Å². The number of carbonyl (C=O) groups excluding carboxylic acids is 1. The fraction of sp³-hybridized carbons (Fsp3) is 0.353. The minimum Gasteiger partial charge on any atom is -0.355 e. The van der Waals surface area contributed by atoms with Crippen LogP contribution in [0.3, 0.4) is 0 Å². The largest absolute Gasteiger partial charge is 0.355 e. The van der Waals surface area contributed by atoms with Gasteiger partial charge in [0, 0.05) is 26.7 Å². The van der Waals surface area contributed by atoms with Gasteiger partial charge in [0.05, 0.1) is 10.8 Å². The summed E-state index contributed by atoms with van der Waals surface area (Å²) in [5, 5.41) is 16.1. The van der Waals surface area contributed by atoms with Crippen LogP contribution in [0.25, 0.3) is 11.2 Å². The van der Waals surface area contributed by atoms with Gasteiger partial charge in [0.15, 0.2) is 17.0 Å². The summed E-state index contributed by atoms with van der Waals surface area (Å²) in [7, 11) is -1.93. The number of fused-ring (bicyclic) bond motifs is 1. The van der Waals surface area contributed by atoms with Gasteiger partial charge in [0.1, 0.15) is 6.33 Å². The first-order chi connectivity index (χ1) is 13.8. The van der Waals surface area contributed by atoms with Gasteiger partial charge in [0.25, 0.3) is 0 Å². The lowest BCUT2D eigenvalue weighted by Crippen LogP contribution is -2.54. The Bertz CT molecular complexity index is 1150. The highest BCUT2D eigenvalue weighted by atomic mass is 32.2. The summed E-state index contributed by atoms with van der Waals surface area (Å²) in [5.74, 6) is 0.537. The van der Waals surface area contributed by atoms with Gasteiger partial charge in [-0.3, -0.25) is 4.79 Å². The normalized spacial score (nSPS) is 14.8. The van der Waals surface area contributed by atoms with Crippen molar-refractivity contribution >= 4 is 32.9 Å². The molecule has 152 valence electrons. The topological polar surface area (TPSA) is 149 Å². The maximum atomic E-state index is 12.3. The standard InChI is InChI=1S/C17H20N8O3S/c1-24-15-14(22-23-24)16(21-10-20-15)25-8-12(9-25)17(26)19-7-6-11-2-4-13(5-3-11)29(18,27)28/h2-5,10,12H,6-9H2,1H3,(H,19,26)(H2,18,27,28). The Morgan fingerprint density at radius 1 is 1.24 bits per heavy atom. The van der Waals surface area contributed by atoms with Crippen LogP contribution in [-0.2, 0) is 28.3 Å². The first-order valence-corrected chi connectivity index (χ1v) is 10.5. The molecule has 4 rings (SSSR count). The lowest BCUT2D eigenvalue weighted by Gasteiger charge is -2.38. The minimum absolute atomic E-state index is 0.0214.